The Hall–Kier alpha value is -1.69. The van der Waals surface area contributed by atoms with Crippen LogP contribution in [0.1, 0.15) is 17.3 Å². The fourth-order valence-corrected chi connectivity index (χ4v) is 2.19. The van der Waals surface area contributed by atoms with Crippen molar-refractivity contribution in [3.05, 3.63) is 34.3 Å². The molecule has 1 aromatic carbocycles. The summed E-state index contributed by atoms with van der Waals surface area (Å²) < 4.78 is 0.893. The van der Waals surface area contributed by atoms with Gasteiger partial charge in [-0.05, 0) is 12.1 Å². The highest BCUT2D eigenvalue weighted by Gasteiger charge is 2.32. The minimum Gasteiger partial charge on any atom is -0.315 e. The zero-order chi connectivity index (χ0) is 14.0. The van der Waals surface area contributed by atoms with Crippen LogP contribution in [-0.4, -0.2) is 47.2 Å². The van der Waals surface area contributed by atoms with E-state index in [9.17, 15) is 14.4 Å². The van der Waals surface area contributed by atoms with E-state index in [0.29, 0.717) is 18.7 Å². The lowest BCUT2D eigenvalue weighted by molar-refractivity contribution is -0.125. The first kappa shape index (κ1) is 13.7. The fourth-order valence-electron chi connectivity index (χ4n) is 1.92. The lowest BCUT2D eigenvalue weighted by atomic mass is 10.1. The van der Waals surface area contributed by atoms with Gasteiger partial charge in [0.05, 0.1) is 6.54 Å². The summed E-state index contributed by atoms with van der Waals surface area (Å²) in [7, 11) is 0. The molecule has 100 valence electrons. The Morgan fingerprint density at radius 2 is 1.84 bits per heavy atom. The molecule has 1 fully saturated rings. The van der Waals surface area contributed by atoms with Crippen molar-refractivity contribution in [2.45, 2.75) is 6.92 Å². The minimum absolute atomic E-state index is 0.00421. The monoisotopic (exact) mass is 324 g/mol. The van der Waals surface area contributed by atoms with Crippen molar-refractivity contribution in [2.75, 3.05) is 19.6 Å². The van der Waals surface area contributed by atoms with Gasteiger partial charge < -0.3 is 4.90 Å². The molecule has 6 heteroatoms. The minimum atomic E-state index is -0.391. The third-order valence-corrected chi connectivity index (χ3v) is 3.50. The van der Waals surface area contributed by atoms with E-state index in [2.05, 4.69) is 15.9 Å². The number of benzene rings is 1. The molecular weight excluding hydrogens is 312 g/mol. The molecule has 0 bridgehead atoms. The standard InChI is InChI=1S/C13H13BrN2O3/c1-9(17)16-7-6-15(13(16)19)8-12(18)10-2-4-11(14)5-3-10/h2-5H,6-8H2,1H3. The van der Waals surface area contributed by atoms with Gasteiger partial charge in [-0.3, -0.25) is 14.5 Å². The number of hydrogen-bond acceptors (Lipinski definition) is 3. The maximum atomic E-state index is 12.0. The van der Waals surface area contributed by atoms with Crippen LogP contribution in [0, 0.1) is 0 Å². The summed E-state index contributed by atoms with van der Waals surface area (Å²) in [6, 6.07) is 6.57. The number of Topliss-reactive ketones (excluding diaryl/α,β-unsaturated/α-hetero) is 1. The van der Waals surface area contributed by atoms with Gasteiger partial charge in [-0.1, -0.05) is 28.1 Å². The highest BCUT2D eigenvalue weighted by atomic mass is 79.9. The van der Waals surface area contributed by atoms with Gasteiger partial charge in [0, 0.05) is 30.0 Å². The van der Waals surface area contributed by atoms with Gasteiger partial charge in [-0.15, -0.1) is 0 Å². The van der Waals surface area contributed by atoms with Gasteiger partial charge in [-0.25, -0.2) is 4.79 Å². The molecule has 0 N–H and O–H groups in total. The van der Waals surface area contributed by atoms with Gasteiger partial charge in [-0.2, -0.15) is 0 Å². The number of carbonyl (C=O) groups is 3. The quantitative estimate of drug-likeness (QED) is 0.798. The molecule has 1 saturated heterocycles. The van der Waals surface area contributed by atoms with Gasteiger partial charge in [0.1, 0.15) is 0 Å². The molecule has 3 amide bonds. The van der Waals surface area contributed by atoms with Crippen molar-refractivity contribution >= 4 is 33.7 Å². The molecule has 1 heterocycles. The Kier molecular flexibility index (Phi) is 3.99. The van der Waals surface area contributed by atoms with Crippen LogP contribution in [0.2, 0.25) is 0 Å². The van der Waals surface area contributed by atoms with Crippen LogP contribution in [-0.2, 0) is 4.79 Å². The van der Waals surface area contributed by atoms with E-state index in [1.165, 1.54) is 11.8 Å². The second-order valence-corrected chi connectivity index (χ2v) is 5.22. The van der Waals surface area contributed by atoms with Crippen molar-refractivity contribution in [3.8, 4) is 0 Å². The van der Waals surface area contributed by atoms with E-state index >= 15 is 0 Å². The normalized spacial score (nSPS) is 14.9. The Labute approximate surface area is 119 Å². The Bertz CT molecular complexity index is 527. The van der Waals surface area contributed by atoms with Crippen LogP contribution < -0.4 is 0 Å². The van der Waals surface area contributed by atoms with Crippen LogP contribution >= 0.6 is 15.9 Å². The maximum absolute atomic E-state index is 12.0. The van der Waals surface area contributed by atoms with Crippen molar-refractivity contribution in [1.29, 1.82) is 0 Å². The Morgan fingerprint density at radius 1 is 1.21 bits per heavy atom. The molecule has 0 radical (unpaired) electrons. The van der Waals surface area contributed by atoms with Crippen molar-refractivity contribution < 1.29 is 14.4 Å². The first-order valence-corrected chi connectivity index (χ1v) is 6.64. The summed E-state index contributed by atoms with van der Waals surface area (Å²) in [6.07, 6.45) is 0. The van der Waals surface area contributed by atoms with Crippen LogP contribution in [0.3, 0.4) is 0 Å². The SMILES string of the molecule is CC(=O)N1CCN(CC(=O)c2ccc(Br)cc2)C1=O. The molecule has 0 spiro atoms. The zero-order valence-electron chi connectivity index (χ0n) is 10.4. The van der Waals surface area contributed by atoms with E-state index in [4.69, 9.17) is 0 Å². The van der Waals surface area contributed by atoms with Gasteiger partial charge in [0.25, 0.3) is 0 Å². The molecule has 5 nitrogen and oxygen atoms in total. The summed E-state index contributed by atoms with van der Waals surface area (Å²) in [5, 5.41) is 0. The number of nitrogens with zero attached hydrogens (tertiary/aromatic N) is 2. The predicted molar refractivity (Wildman–Crippen MR) is 72.8 cm³/mol. The highest BCUT2D eigenvalue weighted by molar-refractivity contribution is 9.10. The fraction of sp³-hybridized carbons (Fsp3) is 0.308. The summed E-state index contributed by atoms with van der Waals surface area (Å²) in [4.78, 5) is 37.6. The van der Waals surface area contributed by atoms with Crippen molar-refractivity contribution in [1.82, 2.24) is 9.80 Å². The Morgan fingerprint density at radius 3 is 2.37 bits per heavy atom. The summed E-state index contributed by atoms with van der Waals surface area (Å²) in [5.74, 6) is -0.421. The predicted octanol–water partition coefficient (Wildman–Crippen LogP) is 1.92. The molecule has 1 aromatic rings. The second-order valence-electron chi connectivity index (χ2n) is 4.30. The number of urea groups is 1. The van der Waals surface area contributed by atoms with Crippen LogP contribution in [0.4, 0.5) is 4.79 Å². The smallest absolute Gasteiger partial charge is 0.315 e. The second kappa shape index (κ2) is 5.52. The molecule has 1 aliphatic rings. The number of hydrogen-bond donors (Lipinski definition) is 0. The van der Waals surface area contributed by atoms with Crippen molar-refractivity contribution in [2.24, 2.45) is 0 Å². The number of imide groups is 1. The third kappa shape index (κ3) is 3.01. The first-order chi connectivity index (χ1) is 8.99. The van der Waals surface area contributed by atoms with Gasteiger partial charge in [0.2, 0.25) is 5.91 Å². The lowest BCUT2D eigenvalue weighted by Crippen LogP contribution is -2.37. The third-order valence-electron chi connectivity index (χ3n) is 2.98. The number of ketones is 1. The summed E-state index contributed by atoms with van der Waals surface area (Å²) in [5.41, 5.74) is 0.553. The topological polar surface area (TPSA) is 57.7 Å². The molecule has 1 aliphatic heterocycles. The van der Waals surface area contributed by atoms with E-state index in [0.717, 1.165) is 9.37 Å². The number of halogens is 1. The van der Waals surface area contributed by atoms with Crippen LogP contribution in [0.5, 0.6) is 0 Å². The molecule has 0 aliphatic carbocycles. The summed E-state index contributed by atoms with van der Waals surface area (Å²) in [6.45, 7) is 2.10. The van der Waals surface area contributed by atoms with E-state index in [1.807, 2.05) is 0 Å². The molecular formula is C13H13BrN2O3. The van der Waals surface area contributed by atoms with Gasteiger partial charge in [0.15, 0.2) is 5.78 Å². The first-order valence-electron chi connectivity index (χ1n) is 5.85. The average molecular weight is 325 g/mol. The molecule has 0 atom stereocenters. The largest absolute Gasteiger partial charge is 0.327 e. The van der Waals surface area contributed by atoms with E-state index in [-0.39, 0.29) is 18.2 Å². The molecule has 19 heavy (non-hydrogen) atoms. The van der Waals surface area contributed by atoms with Crippen LogP contribution in [0.25, 0.3) is 0 Å². The van der Waals surface area contributed by atoms with Crippen LogP contribution in [0.15, 0.2) is 28.7 Å². The van der Waals surface area contributed by atoms with Gasteiger partial charge >= 0.3 is 6.03 Å². The average Bonchev–Trinajstić information content (AvgIpc) is 2.72. The molecule has 0 saturated carbocycles. The highest BCUT2D eigenvalue weighted by Crippen LogP contribution is 2.13. The number of amides is 3. The number of rotatable bonds is 3. The lowest BCUT2D eigenvalue weighted by Gasteiger charge is -2.15. The number of carbonyl (C=O) groups excluding carboxylic acids is 3. The molecule has 0 aromatic heterocycles. The zero-order valence-corrected chi connectivity index (χ0v) is 12.0. The van der Waals surface area contributed by atoms with E-state index in [1.54, 1.807) is 24.3 Å². The molecule has 0 unspecified atom stereocenters. The molecule has 2 rings (SSSR count). The summed E-state index contributed by atoms with van der Waals surface area (Å²) >= 11 is 3.30. The van der Waals surface area contributed by atoms with Crippen molar-refractivity contribution in [3.63, 3.8) is 0 Å². The van der Waals surface area contributed by atoms with E-state index < -0.39 is 6.03 Å². The Balaban J connectivity index is 2.02. The maximum Gasteiger partial charge on any atom is 0.327 e.